The number of benzene rings is 2. The fraction of sp³-hybridized carbons (Fsp3) is 0.241. The second kappa shape index (κ2) is 10.7. The van der Waals surface area contributed by atoms with Crippen molar-refractivity contribution in [3.05, 3.63) is 95.6 Å². The molecule has 0 amide bonds. The van der Waals surface area contributed by atoms with Gasteiger partial charge in [0.2, 0.25) is 0 Å². The minimum Gasteiger partial charge on any atom is -0.296 e. The lowest BCUT2D eigenvalue weighted by atomic mass is 10.0. The first-order valence-corrected chi connectivity index (χ1v) is 11.7. The normalized spacial score (nSPS) is 18.5. The molecular formula is C29H29F2N5. The van der Waals surface area contributed by atoms with Crippen molar-refractivity contribution in [2.75, 3.05) is 6.54 Å². The number of rotatable bonds is 9. The van der Waals surface area contributed by atoms with Crippen molar-refractivity contribution in [2.24, 2.45) is 20.9 Å². The summed E-state index contributed by atoms with van der Waals surface area (Å²) in [5, 5.41) is 0. The Morgan fingerprint density at radius 2 is 1.97 bits per heavy atom. The highest BCUT2D eigenvalue weighted by Gasteiger charge is 2.41. The fourth-order valence-electron chi connectivity index (χ4n) is 4.26. The zero-order valence-electron chi connectivity index (χ0n) is 20.7. The number of aliphatic imine (C=N–C) groups is 3. The van der Waals surface area contributed by atoms with Gasteiger partial charge in [-0.25, -0.2) is 13.8 Å². The molecule has 0 bridgehead atoms. The number of imidazole rings is 1. The van der Waals surface area contributed by atoms with E-state index in [2.05, 4.69) is 33.3 Å². The number of halogens is 2. The summed E-state index contributed by atoms with van der Waals surface area (Å²) >= 11 is 0. The number of nitrogens with zero attached hydrogens (tertiary/aromatic N) is 5. The smallest absolute Gasteiger partial charge is 0.182 e. The summed E-state index contributed by atoms with van der Waals surface area (Å²) < 4.78 is 31.3. The molecule has 1 aliphatic rings. The Morgan fingerprint density at radius 3 is 2.72 bits per heavy atom. The molecule has 0 aliphatic heterocycles. The number of hydrogen-bond donors (Lipinski definition) is 0. The third kappa shape index (κ3) is 5.30. The second-order valence-electron chi connectivity index (χ2n) is 9.05. The summed E-state index contributed by atoms with van der Waals surface area (Å²) in [6.45, 7) is 13.5. The van der Waals surface area contributed by atoms with Crippen LogP contribution in [0.4, 0.5) is 8.78 Å². The molecule has 4 rings (SSSR count). The molecule has 1 aliphatic carbocycles. The molecule has 2 aromatic carbocycles. The van der Waals surface area contributed by atoms with E-state index in [0.29, 0.717) is 6.54 Å². The highest BCUT2D eigenvalue weighted by atomic mass is 19.2. The molecule has 2 unspecified atom stereocenters. The predicted octanol–water partition coefficient (Wildman–Crippen LogP) is 6.84. The zero-order chi connectivity index (χ0) is 25.8. The first kappa shape index (κ1) is 25.1. The molecule has 1 aromatic heterocycles. The monoisotopic (exact) mass is 485 g/mol. The van der Waals surface area contributed by atoms with Crippen molar-refractivity contribution >= 4 is 29.7 Å². The average Bonchev–Trinajstić information content (AvgIpc) is 3.55. The predicted molar refractivity (Wildman–Crippen MR) is 145 cm³/mol. The van der Waals surface area contributed by atoms with E-state index in [1.54, 1.807) is 47.7 Å². The van der Waals surface area contributed by atoms with Gasteiger partial charge in [0.1, 0.15) is 6.33 Å². The van der Waals surface area contributed by atoms with E-state index in [0.717, 1.165) is 45.4 Å². The third-order valence-corrected chi connectivity index (χ3v) is 6.42. The first-order valence-electron chi connectivity index (χ1n) is 11.7. The Kier molecular flexibility index (Phi) is 7.48. The van der Waals surface area contributed by atoms with Crippen molar-refractivity contribution in [1.29, 1.82) is 0 Å². The molecule has 1 saturated carbocycles. The quantitative estimate of drug-likeness (QED) is 0.242. The molecule has 0 spiro atoms. The minimum absolute atomic E-state index is 0.0300. The van der Waals surface area contributed by atoms with Gasteiger partial charge < -0.3 is 0 Å². The van der Waals surface area contributed by atoms with Crippen LogP contribution in [0, 0.1) is 31.4 Å². The van der Waals surface area contributed by atoms with Crippen LogP contribution in [-0.2, 0) is 0 Å². The molecular weight excluding hydrogens is 456 g/mol. The molecule has 184 valence electrons. The Bertz CT molecular complexity index is 1440. The van der Waals surface area contributed by atoms with Crippen molar-refractivity contribution in [3.63, 3.8) is 0 Å². The summed E-state index contributed by atoms with van der Waals surface area (Å²) in [5.41, 5.74) is 6.28. The van der Waals surface area contributed by atoms with Crippen LogP contribution in [0.3, 0.4) is 0 Å². The van der Waals surface area contributed by atoms with Gasteiger partial charge in [0.25, 0.3) is 0 Å². The van der Waals surface area contributed by atoms with Gasteiger partial charge in [-0.05, 0) is 98.4 Å². The second-order valence-corrected chi connectivity index (χ2v) is 9.05. The summed E-state index contributed by atoms with van der Waals surface area (Å²) in [6.07, 6.45) is 10.9. The van der Waals surface area contributed by atoms with Crippen LogP contribution in [0.25, 0.3) is 16.7 Å². The Hall–Kier alpha value is -4.00. The van der Waals surface area contributed by atoms with E-state index < -0.39 is 11.6 Å². The van der Waals surface area contributed by atoms with E-state index in [4.69, 9.17) is 0 Å². The summed E-state index contributed by atoms with van der Waals surface area (Å²) in [7, 11) is 0. The van der Waals surface area contributed by atoms with Crippen LogP contribution in [0.5, 0.6) is 0 Å². The Morgan fingerprint density at radius 1 is 1.19 bits per heavy atom. The molecule has 3 aromatic rings. The zero-order valence-corrected chi connectivity index (χ0v) is 20.7. The van der Waals surface area contributed by atoms with Gasteiger partial charge in [-0.1, -0.05) is 12.7 Å². The first-order chi connectivity index (χ1) is 17.3. The van der Waals surface area contributed by atoms with E-state index >= 15 is 0 Å². The lowest BCUT2D eigenvalue weighted by Crippen LogP contribution is -2.02. The molecule has 36 heavy (non-hydrogen) atoms. The third-order valence-electron chi connectivity index (χ3n) is 6.42. The Balaban J connectivity index is 1.60. The molecule has 0 N–H and O–H groups in total. The topological polar surface area (TPSA) is 54.9 Å². The highest BCUT2D eigenvalue weighted by Crippen LogP contribution is 2.52. The average molecular weight is 486 g/mol. The number of aromatic nitrogens is 2. The van der Waals surface area contributed by atoms with Crippen molar-refractivity contribution < 1.29 is 8.78 Å². The Labute approximate surface area is 210 Å². The van der Waals surface area contributed by atoms with Crippen LogP contribution in [0.15, 0.2) is 82.3 Å². The van der Waals surface area contributed by atoms with Crippen LogP contribution < -0.4 is 0 Å². The van der Waals surface area contributed by atoms with Gasteiger partial charge in [0.15, 0.2) is 11.6 Å². The maximum Gasteiger partial charge on any atom is 0.182 e. The van der Waals surface area contributed by atoms with Crippen LogP contribution in [0.2, 0.25) is 0 Å². The molecule has 5 nitrogen and oxygen atoms in total. The maximum absolute atomic E-state index is 15.0. The minimum atomic E-state index is -0.890. The van der Waals surface area contributed by atoms with Gasteiger partial charge in [0.05, 0.1) is 23.3 Å². The summed E-state index contributed by atoms with van der Waals surface area (Å²) in [5.74, 6) is -1.64. The van der Waals surface area contributed by atoms with E-state index in [9.17, 15) is 8.78 Å². The fourth-order valence-corrected chi connectivity index (χ4v) is 4.26. The lowest BCUT2D eigenvalue weighted by Gasteiger charge is -2.11. The number of hydrogen-bond acceptors (Lipinski definition) is 4. The van der Waals surface area contributed by atoms with Crippen molar-refractivity contribution in [3.8, 4) is 5.69 Å². The standard InChI is InChI=1S/C29H29F2N5/c1-6-7-8-34-20(4)14-33-16-22(15-32-5)24-13-23(24)21-11-25(30)29(31)28(12-21)36-17-35-26-9-18(2)19(3)10-27(26)36/h6-12,15-17,23-24H,1,5,13-14H2,2-4H3/b8-7-,22-15+,33-16?,34-20?. The lowest BCUT2D eigenvalue weighted by molar-refractivity contribution is 0.503. The largest absolute Gasteiger partial charge is 0.296 e. The number of allylic oxidation sites excluding steroid dienone is 3. The molecule has 1 heterocycles. The number of fused-ring (bicyclic) bond motifs is 1. The van der Waals surface area contributed by atoms with Crippen LogP contribution in [0.1, 0.15) is 36.0 Å². The van der Waals surface area contributed by atoms with Crippen LogP contribution >= 0.6 is 0 Å². The van der Waals surface area contributed by atoms with E-state index in [1.807, 2.05) is 32.9 Å². The van der Waals surface area contributed by atoms with Crippen molar-refractivity contribution in [1.82, 2.24) is 9.55 Å². The van der Waals surface area contributed by atoms with Crippen LogP contribution in [-0.4, -0.2) is 34.7 Å². The van der Waals surface area contributed by atoms with E-state index in [-0.39, 0.29) is 17.5 Å². The number of aryl methyl sites for hydroxylation is 2. The molecule has 7 heteroatoms. The highest BCUT2D eigenvalue weighted by molar-refractivity contribution is 5.88. The maximum atomic E-state index is 15.0. The van der Waals surface area contributed by atoms with Gasteiger partial charge >= 0.3 is 0 Å². The van der Waals surface area contributed by atoms with Gasteiger partial charge in [-0.3, -0.25) is 19.5 Å². The molecule has 2 atom stereocenters. The molecule has 1 fully saturated rings. The molecule has 0 radical (unpaired) electrons. The molecule has 0 saturated heterocycles. The SMILES string of the molecule is C=C/C=C\N=C(C)CN=C/C(=C\N=C)C1CC1c1cc(F)c(F)c(-n2cnc3cc(C)c(C)cc32)c1. The summed E-state index contributed by atoms with van der Waals surface area (Å²) in [4.78, 5) is 17.1. The van der Waals surface area contributed by atoms with Gasteiger partial charge in [-0.15, -0.1) is 0 Å². The van der Waals surface area contributed by atoms with Gasteiger partial charge in [-0.2, -0.15) is 0 Å². The van der Waals surface area contributed by atoms with Crippen molar-refractivity contribution in [2.45, 2.75) is 33.1 Å². The summed E-state index contributed by atoms with van der Waals surface area (Å²) in [6, 6.07) is 6.92. The van der Waals surface area contributed by atoms with E-state index in [1.165, 1.54) is 6.07 Å². The van der Waals surface area contributed by atoms with Gasteiger partial charge in [0, 0.05) is 24.3 Å².